The number of nitrogens with zero attached hydrogens (tertiary/aromatic N) is 1. The number of nitrogen functional groups attached to an aromatic ring is 1. The minimum Gasteiger partial charge on any atom is -0.399 e. The smallest absolute Gasteiger partial charge is 0.271 e. The van der Waals surface area contributed by atoms with Gasteiger partial charge in [0.25, 0.3) is 5.91 Å². The van der Waals surface area contributed by atoms with E-state index in [2.05, 4.69) is 15.6 Å². The molecule has 2 aromatic rings. The molecule has 23 heavy (non-hydrogen) atoms. The molecule has 1 aliphatic carbocycles. The fraction of sp³-hybridized carbons (Fsp3) is 0.312. The van der Waals surface area contributed by atoms with Gasteiger partial charge in [-0.15, -0.1) is 11.3 Å². The Hall–Kier alpha value is -2.41. The summed E-state index contributed by atoms with van der Waals surface area (Å²) in [5, 5.41) is 7.69. The van der Waals surface area contributed by atoms with Crippen LogP contribution < -0.4 is 16.4 Å². The summed E-state index contributed by atoms with van der Waals surface area (Å²) in [4.78, 5) is 27.5. The highest BCUT2D eigenvalue weighted by Gasteiger charge is 2.23. The molecule has 0 radical (unpaired) electrons. The van der Waals surface area contributed by atoms with Crippen LogP contribution in [0.1, 0.15) is 47.4 Å². The third kappa shape index (κ3) is 3.50. The molecular weight excluding hydrogens is 312 g/mol. The zero-order valence-corrected chi connectivity index (χ0v) is 13.6. The zero-order valence-electron chi connectivity index (χ0n) is 12.8. The number of carbonyl (C=O) groups excluding carboxylic acids is 2. The summed E-state index contributed by atoms with van der Waals surface area (Å²) in [5.74, 6) is -0.433. The van der Waals surface area contributed by atoms with Crippen molar-refractivity contribution in [3.63, 3.8) is 0 Å². The molecule has 2 amide bonds. The molecule has 0 saturated heterocycles. The molecule has 1 unspecified atom stereocenters. The summed E-state index contributed by atoms with van der Waals surface area (Å²) in [7, 11) is 0. The van der Waals surface area contributed by atoms with Crippen molar-refractivity contribution in [1.82, 2.24) is 10.3 Å². The van der Waals surface area contributed by atoms with Crippen LogP contribution in [0.3, 0.4) is 0 Å². The fourth-order valence-electron chi connectivity index (χ4n) is 2.80. The number of anilines is 2. The van der Waals surface area contributed by atoms with Gasteiger partial charge in [-0.25, -0.2) is 4.98 Å². The molecule has 1 atom stereocenters. The Morgan fingerprint density at radius 1 is 1.39 bits per heavy atom. The van der Waals surface area contributed by atoms with E-state index < -0.39 is 0 Å². The highest BCUT2D eigenvalue weighted by atomic mass is 32.1. The van der Waals surface area contributed by atoms with Crippen LogP contribution in [-0.4, -0.2) is 16.8 Å². The maximum absolute atomic E-state index is 12.4. The first-order chi connectivity index (χ1) is 11.0. The van der Waals surface area contributed by atoms with Gasteiger partial charge in [0.1, 0.15) is 5.69 Å². The van der Waals surface area contributed by atoms with Gasteiger partial charge in [0.05, 0.1) is 6.04 Å². The predicted octanol–water partition coefficient (Wildman–Crippen LogP) is 2.49. The van der Waals surface area contributed by atoms with Crippen molar-refractivity contribution in [2.45, 2.75) is 32.2 Å². The Morgan fingerprint density at radius 3 is 3.00 bits per heavy atom. The maximum atomic E-state index is 12.4. The SMILES string of the molecule is CC(=O)Nc1nc(C(=O)NC2CCCc3cc(N)ccc32)cs1. The van der Waals surface area contributed by atoms with Gasteiger partial charge in [-0.2, -0.15) is 0 Å². The number of aryl methyl sites for hydroxylation is 1. The lowest BCUT2D eigenvalue weighted by atomic mass is 9.87. The number of thiazole rings is 1. The standard InChI is InChI=1S/C16H18N4O2S/c1-9(21)18-16-20-14(8-23-16)15(22)19-13-4-2-3-10-7-11(17)5-6-12(10)13/h5-8,13H,2-4,17H2,1H3,(H,19,22)(H,18,20,21). The van der Waals surface area contributed by atoms with Gasteiger partial charge in [-0.05, 0) is 42.5 Å². The Balaban J connectivity index is 1.74. The lowest BCUT2D eigenvalue weighted by Gasteiger charge is -2.26. The molecule has 3 rings (SSSR count). The third-order valence-corrected chi connectivity index (χ3v) is 4.56. The topological polar surface area (TPSA) is 97.1 Å². The summed E-state index contributed by atoms with van der Waals surface area (Å²) >= 11 is 1.24. The highest BCUT2D eigenvalue weighted by Crippen LogP contribution is 2.31. The Labute approximate surface area is 138 Å². The van der Waals surface area contributed by atoms with Gasteiger partial charge >= 0.3 is 0 Å². The molecule has 0 aliphatic heterocycles. The van der Waals surface area contributed by atoms with Crippen LogP contribution in [0.5, 0.6) is 0 Å². The second-order valence-corrected chi connectivity index (χ2v) is 6.45. The van der Waals surface area contributed by atoms with Crippen molar-refractivity contribution in [2.75, 3.05) is 11.1 Å². The number of aromatic nitrogens is 1. The van der Waals surface area contributed by atoms with Crippen molar-refractivity contribution < 1.29 is 9.59 Å². The molecular formula is C16H18N4O2S. The van der Waals surface area contributed by atoms with Gasteiger partial charge in [0, 0.05) is 18.0 Å². The van der Waals surface area contributed by atoms with Crippen LogP contribution in [0.2, 0.25) is 0 Å². The van der Waals surface area contributed by atoms with E-state index in [4.69, 9.17) is 5.73 Å². The lowest BCUT2D eigenvalue weighted by molar-refractivity contribution is -0.114. The Kier molecular flexibility index (Phi) is 4.29. The van der Waals surface area contributed by atoms with E-state index in [-0.39, 0.29) is 17.9 Å². The number of hydrogen-bond donors (Lipinski definition) is 3. The number of nitrogens with one attached hydrogen (secondary N) is 2. The van der Waals surface area contributed by atoms with E-state index >= 15 is 0 Å². The van der Waals surface area contributed by atoms with E-state index in [0.717, 1.165) is 30.5 Å². The molecule has 6 nitrogen and oxygen atoms in total. The van der Waals surface area contributed by atoms with E-state index in [9.17, 15) is 9.59 Å². The highest BCUT2D eigenvalue weighted by molar-refractivity contribution is 7.14. The molecule has 120 valence electrons. The summed E-state index contributed by atoms with van der Waals surface area (Å²) in [6, 6.07) is 5.79. The summed E-state index contributed by atoms with van der Waals surface area (Å²) in [6.07, 6.45) is 2.89. The first kappa shape index (κ1) is 15.5. The van der Waals surface area contributed by atoms with E-state index in [1.807, 2.05) is 18.2 Å². The predicted molar refractivity (Wildman–Crippen MR) is 90.4 cm³/mol. The molecule has 0 bridgehead atoms. The Bertz CT molecular complexity index is 756. The van der Waals surface area contributed by atoms with Crippen molar-refractivity contribution in [1.29, 1.82) is 0 Å². The van der Waals surface area contributed by atoms with Crippen molar-refractivity contribution in [3.8, 4) is 0 Å². The number of hydrogen-bond acceptors (Lipinski definition) is 5. The van der Waals surface area contributed by atoms with Crippen LogP contribution in [0, 0.1) is 0 Å². The summed E-state index contributed by atoms with van der Waals surface area (Å²) < 4.78 is 0. The number of carbonyl (C=O) groups is 2. The molecule has 1 heterocycles. The van der Waals surface area contributed by atoms with Crippen LogP contribution in [-0.2, 0) is 11.2 Å². The normalized spacial score (nSPS) is 16.5. The van der Waals surface area contributed by atoms with Gasteiger partial charge < -0.3 is 16.4 Å². The number of rotatable bonds is 3. The van der Waals surface area contributed by atoms with Crippen molar-refractivity contribution in [3.05, 3.63) is 40.4 Å². The van der Waals surface area contributed by atoms with E-state index in [1.54, 1.807) is 5.38 Å². The Morgan fingerprint density at radius 2 is 2.22 bits per heavy atom. The monoisotopic (exact) mass is 330 g/mol. The van der Waals surface area contributed by atoms with Crippen LogP contribution in [0.25, 0.3) is 0 Å². The number of fused-ring (bicyclic) bond motifs is 1. The van der Waals surface area contributed by atoms with E-state index in [0.29, 0.717) is 10.8 Å². The first-order valence-corrected chi connectivity index (χ1v) is 8.33. The molecule has 7 heteroatoms. The molecule has 0 fully saturated rings. The molecule has 1 aromatic carbocycles. The fourth-order valence-corrected chi connectivity index (χ4v) is 3.54. The number of amides is 2. The van der Waals surface area contributed by atoms with Crippen molar-refractivity contribution >= 4 is 34.0 Å². The van der Waals surface area contributed by atoms with Gasteiger partial charge in [-0.1, -0.05) is 6.07 Å². The molecule has 1 aromatic heterocycles. The van der Waals surface area contributed by atoms with Gasteiger partial charge in [0.15, 0.2) is 5.13 Å². The second-order valence-electron chi connectivity index (χ2n) is 5.60. The number of benzene rings is 1. The quantitative estimate of drug-likeness (QED) is 0.753. The third-order valence-electron chi connectivity index (χ3n) is 3.81. The molecule has 1 aliphatic rings. The van der Waals surface area contributed by atoms with E-state index in [1.165, 1.54) is 23.8 Å². The average molecular weight is 330 g/mol. The summed E-state index contributed by atoms with van der Waals surface area (Å²) in [6.45, 7) is 1.41. The van der Waals surface area contributed by atoms with Gasteiger partial charge in [-0.3, -0.25) is 9.59 Å². The molecule has 4 N–H and O–H groups in total. The van der Waals surface area contributed by atoms with Gasteiger partial charge in [0.2, 0.25) is 5.91 Å². The summed E-state index contributed by atoms with van der Waals surface area (Å²) in [5.41, 5.74) is 9.21. The lowest BCUT2D eigenvalue weighted by Crippen LogP contribution is -2.31. The maximum Gasteiger partial charge on any atom is 0.271 e. The zero-order chi connectivity index (χ0) is 16.4. The van der Waals surface area contributed by atoms with Crippen molar-refractivity contribution in [2.24, 2.45) is 0 Å². The average Bonchev–Trinajstić information content (AvgIpc) is 2.95. The van der Waals surface area contributed by atoms with Crippen LogP contribution in [0.4, 0.5) is 10.8 Å². The minimum atomic E-state index is -0.229. The second kappa shape index (κ2) is 6.37. The first-order valence-electron chi connectivity index (χ1n) is 7.45. The minimum absolute atomic E-state index is 0.0298. The molecule has 0 saturated carbocycles. The largest absolute Gasteiger partial charge is 0.399 e. The van der Waals surface area contributed by atoms with Crippen LogP contribution in [0.15, 0.2) is 23.6 Å². The number of nitrogens with two attached hydrogens (primary N) is 1. The molecule has 0 spiro atoms. The van der Waals surface area contributed by atoms with Crippen LogP contribution >= 0.6 is 11.3 Å².